The van der Waals surface area contributed by atoms with Crippen molar-refractivity contribution in [2.24, 2.45) is 11.5 Å². The van der Waals surface area contributed by atoms with Crippen LogP contribution in [0.25, 0.3) is 0 Å². The van der Waals surface area contributed by atoms with E-state index in [2.05, 4.69) is 0 Å². The molecule has 2 atom stereocenters. The summed E-state index contributed by atoms with van der Waals surface area (Å²) in [5, 5.41) is 0. The van der Waals surface area contributed by atoms with Gasteiger partial charge >= 0.3 is 20.4 Å². The summed E-state index contributed by atoms with van der Waals surface area (Å²) in [6.45, 7) is 6.56. The van der Waals surface area contributed by atoms with Crippen LogP contribution in [0.3, 0.4) is 0 Å². The molecular weight excluding hydrogens is 275 g/mol. The summed E-state index contributed by atoms with van der Waals surface area (Å²) in [5.74, 6) is 0. The van der Waals surface area contributed by atoms with Gasteiger partial charge in [-0.15, -0.1) is 0 Å². The maximum absolute atomic E-state index is 8.68. The zero-order valence-corrected chi connectivity index (χ0v) is 10.7. The van der Waals surface area contributed by atoms with Crippen LogP contribution in [0.15, 0.2) is 0 Å². The van der Waals surface area contributed by atoms with Gasteiger partial charge in [0.05, 0.1) is 0 Å². The van der Waals surface area contributed by atoms with E-state index in [0.717, 1.165) is 6.42 Å². The van der Waals surface area contributed by atoms with Crippen molar-refractivity contribution in [3.8, 4) is 0 Å². The molecular formula is C9H20N2O2Pd. The largest absolute Gasteiger partial charge is 2.00 e. The summed E-state index contributed by atoms with van der Waals surface area (Å²) in [6.07, 6.45) is 3.92. The Morgan fingerprint density at radius 2 is 1.14 bits per heavy atom. The van der Waals surface area contributed by atoms with Crippen molar-refractivity contribution in [1.29, 1.82) is 0 Å². The van der Waals surface area contributed by atoms with E-state index >= 15 is 0 Å². The molecule has 0 aliphatic heterocycles. The Morgan fingerprint density at radius 1 is 1.00 bits per heavy atom. The van der Waals surface area contributed by atoms with Gasteiger partial charge in [0.25, 0.3) is 0 Å². The summed E-state index contributed by atoms with van der Waals surface area (Å²) >= 11 is 0. The van der Waals surface area contributed by atoms with E-state index in [4.69, 9.17) is 21.1 Å². The van der Waals surface area contributed by atoms with Gasteiger partial charge in [-0.05, 0) is 20.3 Å². The molecule has 4 nitrogen and oxygen atoms in total. The van der Waals surface area contributed by atoms with E-state index in [1.807, 2.05) is 13.8 Å². The number of hydrogen-bond donors (Lipinski definition) is 2. The van der Waals surface area contributed by atoms with Crippen molar-refractivity contribution >= 4 is 12.6 Å². The molecule has 0 aromatic heterocycles. The minimum Gasteiger partial charge on any atom is -0.542 e. The summed E-state index contributed by atoms with van der Waals surface area (Å²) < 4.78 is 0. The van der Waals surface area contributed by atoms with Gasteiger partial charge in [-0.25, -0.2) is 0 Å². The molecule has 0 spiro atoms. The first-order chi connectivity index (χ1) is 5.95. The number of carbonyl (C=O) groups excluding carboxylic acids is 2. The molecule has 0 amide bonds. The molecule has 4 N–H and O–H groups in total. The first-order valence-electron chi connectivity index (χ1n) is 4.05. The molecule has 0 bridgehead atoms. The molecule has 0 radical (unpaired) electrons. The monoisotopic (exact) mass is 294 g/mol. The third kappa shape index (κ3) is 92.4. The Balaban J connectivity index is -0.0000000610. The first-order valence-corrected chi connectivity index (χ1v) is 4.05. The van der Waals surface area contributed by atoms with Crippen molar-refractivity contribution in [1.82, 2.24) is 0 Å². The van der Waals surface area contributed by atoms with Crippen LogP contribution in [0, 0.1) is 0 Å². The van der Waals surface area contributed by atoms with Crippen LogP contribution in [0.5, 0.6) is 0 Å². The Morgan fingerprint density at radius 3 is 1.14 bits per heavy atom. The third-order valence-corrected chi connectivity index (χ3v) is 0.744. The Labute approximate surface area is 100 Å². The van der Waals surface area contributed by atoms with Gasteiger partial charge in [-0.3, -0.25) is 12.6 Å². The molecule has 14 heavy (non-hydrogen) atoms. The predicted octanol–water partition coefficient (Wildman–Crippen LogP) is 0.300. The minimum atomic E-state index is 0. The van der Waals surface area contributed by atoms with Crippen LogP contribution in [0.4, 0.5) is 0 Å². The van der Waals surface area contributed by atoms with Gasteiger partial charge < -0.3 is 21.1 Å². The van der Waals surface area contributed by atoms with Gasteiger partial charge in [0.2, 0.25) is 0 Å². The van der Waals surface area contributed by atoms with Crippen molar-refractivity contribution < 1.29 is 30.0 Å². The van der Waals surface area contributed by atoms with Crippen molar-refractivity contribution in [2.45, 2.75) is 46.2 Å². The summed E-state index contributed by atoms with van der Waals surface area (Å²) in [5.41, 5.74) is 10.8. The molecule has 0 fully saturated rings. The molecule has 0 aliphatic rings. The summed E-state index contributed by atoms with van der Waals surface area (Å²) in [7, 11) is 0. The molecule has 0 heterocycles. The minimum absolute atomic E-state index is 0. The summed E-state index contributed by atoms with van der Waals surface area (Å²) in [4.78, 5) is 17.4. The van der Waals surface area contributed by atoms with E-state index in [9.17, 15) is 0 Å². The fraction of sp³-hybridized carbons (Fsp3) is 0.778. The quantitative estimate of drug-likeness (QED) is 0.566. The molecule has 5 heteroatoms. The van der Waals surface area contributed by atoms with Crippen LogP contribution in [-0.4, -0.2) is 24.7 Å². The molecule has 88 valence electrons. The second kappa shape index (κ2) is 23.1. The van der Waals surface area contributed by atoms with E-state index in [1.54, 1.807) is 0 Å². The van der Waals surface area contributed by atoms with E-state index in [-0.39, 0.29) is 32.5 Å². The van der Waals surface area contributed by atoms with Crippen LogP contribution >= 0.6 is 0 Å². The second-order valence-electron chi connectivity index (χ2n) is 2.60. The SMILES string of the molecule is CC(N)CC(C)N.C[C-]=O.C[C-]=O.[Pd+2]. The molecule has 0 rings (SSSR count). The first kappa shape index (κ1) is 23.6. The Bertz CT molecular complexity index is 97.0. The molecule has 0 aromatic carbocycles. The average molecular weight is 295 g/mol. The fourth-order valence-corrected chi connectivity index (χ4v) is 0.586. The van der Waals surface area contributed by atoms with Crippen molar-refractivity contribution in [3.05, 3.63) is 0 Å². The van der Waals surface area contributed by atoms with E-state index in [1.165, 1.54) is 26.4 Å². The van der Waals surface area contributed by atoms with Gasteiger partial charge in [0.1, 0.15) is 0 Å². The maximum Gasteiger partial charge on any atom is 2.00 e. The Hall–Kier alpha value is -0.0777. The standard InChI is InChI=1S/C5H14N2.2C2H3O.Pd/c1-4(6)3-5(2)7;2*1-2-3;/h4-5H,3,6-7H2,1-2H3;2*1H3;/q;2*-1;+2. The predicted molar refractivity (Wildman–Crippen MR) is 54.7 cm³/mol. The second-order valence-corrected chi connectivity index (χ2v) is 2.60. The zero-order valence-electron chi connectivity index (χ0n) is 9.15. The average Bonchev–Trinajstić information content (AvgIpc) is 1.86. The van der Waals surface area contributed by atoms with Crippen molar-refractivity contribution in [2.75, 3.05) is 0 Å². The third-order valence-electron chi connectivity index (χ3n) is 0.744. The molecule has 0 aromatic rings. The molecule has 0 saturated heterocycles. The fourth-order valence-electron chi connectivity index (χ4n) is 0.586. The van der Waals surface area contributed by atoms with Crippen LogP contribution in [0.1, 0.15) is 34.1 Å². The van der Waals surface area contributed by atoms with E-state index in [0.29, 0.717) is 0 Å². The molecule has 0 saturated carbocycles. The normalized spacial score (nSPS) is 11.3. The topological polar surface area (TPSA) is 86.2 Å². The molecule has 0 aliphatic carbocycles. The maximum atomic E-state index is 8.68. The smallest absolute Gasteiger partial charge is 0.542 e. The number of rotatable bonds is 2. The summed E-state index contributed by atoms with van der Waals surface area (Å²) in [6, 6.07) is 0.500. The van der Waals surface area contributed by atoms with Crippen LogP contribution < -0.4 is 11.5 Å². The zero-order chi connectivity index (χ0) is 11.3. The van der Waals surface area contributed by atoms with Crippen molar-refractivity contribution in [3.63, 3.8) is 0 Å². The van der Waals surface area contributed by atoms with Crippen LogP contribution in [-0.2, 0) is 30.0 Å². The molecule has 2 unspecified atom stereocenters. The number of nitrogens with two attached hydrogens (primary N) is 2. The Kier molecular flexibility index (Phi) is 38.9. The van der Waals surface area contributed by atoms with Crippen LogP contribution in [0.2, 0.25) is 0 Å². The van der Waals surface area contributed by atoms with Gasteiger partial charge in [0.15, 0.2) is 0 Å². The van der Waals surface area contributed by atoms with Gasteiger partial charge in [-0.2, -0.15) is 13.8 Å². The van der Waals surface area contributed by atoms with E-state index < -0.39 is 0 Å². The number of hydrogen-bond acceptors (Lipinski definition) is 4. The van der Waals surface area contributed by atoms with Gasteiger partial charge in [-0.1, -0.05) is 0 Å². The van der Waals surface area contributed by atoms with Gasteiger partial charge in [0, 0.05) is 12.1 Å².